The molecule has 7 rings (SSSR count). The Kier molecular flexibility index (Phi) is 9.36. The molecule has 16 N–H and O–H groups in total. The molecule has 3 saturated heterocycles. The van der Waals surface area contributed by atoms with E-state index in [2.05, 4.69) is 40.1 Å². The zero-order valence-corrected chi connectivity index (χ0v) is 26.1. The van der Waals surface area contributed by atoms with Crippen molar-refractivity contribution in [2.24, 2.45) is 0 Å². The number of aromatic nitrogens is 8. The average molecular weight is 720 g/mol. The summed E-state index contributed by atoms with van der Waals surface area (Å²) < 4.78 is 50.2. The summed E-state index contributed by atoms with van der Waals surface area (Å²) in [7, 11) is -10.2. The number of aromatic amines is 2. The molecule has 3 fully saturated rings. The van der Waals surface area contributed by atoms with Crippen LogP contribution in [0.25, 0.3) is 22.3 Å². The largest absolute Gasteiger partial charge is 0.766 e. The molecule has 3 aliphatic heterocycles. The van der Waals surface area contributed by atoms with Gasteiger partial charge in [0.25, 0.3) is 11.1 Å². The number of imidazole rings is 2. The second kappa shape index (κ2) is 12.6. The van der Waals surface area contributed by atoms with Gasteiger partial charge in [0, 0.05) is 0 Å². The standard InChI is InChI=1S/C20H26N12O12P2.2H3N/c21-19-25-13-9(15(35)27-19)23-3-31(13)17-11(33)7-5(43-17)1-41-45(37,38)30-8-6(2-42-46(39,40)29-7)44-18(12(8)34)32-4-24-10-14(32)26-20(22)28-16(10)36;;/h3-8,11-12,17-18,33-34H,1-2H2,(H2,29,39,40)(H2,30,37,38)(H3,21,25,27,35)(H3,22,26,28,36);2*1H3/p-2/t5-,6-,7-,8-,11-,12-,17-,18-;;/m1../s1. The Bertz CT molecular complexity index is 1910. The van der Waals surface area contributed by atoms with E-state index >= 15 is 0 Å². The lowest BCUT2D eigenvalue weighted by molar-refractivity contribution is -0.209. The van der Waals surface area contributed by atoms with Gasteiger partial charge in [0.2, 0.25) is 27.4 Å². The van der Waals surface area contributed by atoms with Crippen LogP contribution in [0.2, 0.25) is 0 Å². The molecule has 2 unspecified atom stereocenters. The summed E-state index contributed by atoms with van der Waals surface area (Å²) in [5.74, 6) is -0.550. The predicted octanol–water partition coefficient (Wildman–Crippen LogP) is -4.84. The van der Waals surface area contributed by atoms with Crippen molar-refractivity contribution in [3.05, 3.63) is 33.4 Å². The predicted molar refractivity (Wildman–Crippen MR) is 156 cm³/mol. The summed E-state index contributed by atoms with van der Waals surface area (Å²) in [4.78, 5) is 71.0. The molecule has 48 heavy (non-hydrogen) atoms. The van der Waals surface area contributed by atoms with Gasteiger partial charge in [-0.05, 0) is 0 Å². The summed E-state index contributed by atoms with van der Waals surface area (Å²) in [5, 5.41) is 26.6. The highest BCUT2D eigenvalue weighted by atomic mass is 31.2. The first-order chi connectivity index (χ1) is 21.7. The number of rotatable bonds is 2. The molecule has 0 aliphatic carbocycles. The molecule has 10 atom stereocenters. The zero-order valence-electron chi connectivity index (χ0n) is 24.3. The third-order valence-corrected chi connectivity index (χ3v) is 9.84. The van der Waals surface area contributed by atoms with Crippen LogP contribution >= 0.6 is 15.5 Å². The van der Waals surface area contributed by atoms with E-state index in [4.69, 9.17) is 30.0 Å². The Hall–Kier alpha value is -3.72. The summed E-state index contributed by atoms with van der Waals surface area (Å²) >= 11 is 0. The van der Waals surface area contributed by atoms with E-state index in [1.165, 1.54) is 0 Å². The molecule has 0 amide bonds. The number of ether oxygens (including phenoxy) is 2. The first-order valence-corrected chi connectivity index (χ1v) is 16.4. The number of aliphatic hydroxyl groups is 2. The lowest BCUT2D eigenvalue weighted by Gasteiger charge is -2.36. The molecule has 4 aromatic heterocycles. The normalized spacial score (nSPS) is 35.6. The van der Waals surface area contributed by atoms with E-state index < -0.39 is 88.8 Å². The zero-order chi connectivity index (χ0) is 32.7. The monoisotopic (exact) mass is 720 g/mol. The van der Waals surface area contributed by atoms with Crippen molar-refractivity contribution < 1.29 is 47.7 Å². The van der Waals surface area contributed by atoms with Crippen molar-refractivity contribution >= 4 is 49.7 Å². The fourth-order valence-corrected chi connectivity index (χ4v) is 7.79. The van der Waals surface area contributed by atoms with Crippen LogP contribution in [-0.4, -0.2) is 99.0 Å². The highest BCUT2D eigenvalue weighted by molar-refractivity contribution is 7.49. The summed E-state index contributed by atoms with van der Waals surface area (Å²) in [5.41, 5.74) is 9.34. The molecule has 7 heterocycles. The number of aliphatic hydroxyl groups excluding tert-OH is 2. The second-order valence-electron chi connectivity index (χ2n) is 10.6. The Labute approximate surface area is 266 Å². The average Bonchev–Trinajstić information content (AvgIpc) is 3.72. The molecule has 0 radical (unpaired) electrons. The highest BCUT2D eigenvalue weighted by Crippen LogP contribution is 2.44. The molecule has 4 aromatic rings. The Morgan fingerprint density at radius 1 is 0.771 bits per heavy atom. The smallest absolute Gasteiger partial charge is 0.280 e. The quantitative estimate of drug-likeness (QED) is 0.0868. The number of fused-ring (bicyclic) bond motifs is 4. The van der Waals surface area contributed by atoms with Gasteiger partial charge in [0.05, 0.1) is 38.0 Å². The second-order valence-corrected chi connectivity index (χ2v) is 13.6. The Morgan fingerprint density at radius 3 is 1.52 bits per heavy atom. The van der Waals surface area contributed by atoms with Gasteiger partial charge in [-0.25, -0.2) is 20.1 Å². The van der Waals surface area contributed by atoms with E-state index in [1.807, 2.05) is 0 Å². The first-order valence-electron chi connectivity index (χ1n) is 13.3. The fraction of sp³-hybridized carbons (Fsp3) is 0.500. The lowest BCUT2D eigenvalue weighted by Crippen LogP contribution is -2.50. The molecule has 0 saturated carbocycles. The molecule has 26 nitrogen and oxygen atoms in total. The maximum Gasteiger partial charge on any atom is 0.280 e. The molecular weight excluding hydrogens is 690 g/mol. The van der Waals surface area contributed by atoms with Gasteiger partial charge in [0.15, 0.2) is 34.8 Å². The summed E-state index contributed by atoms with van der Waals surface area (Å²) in [6.45, 7) is -1.67. The van der Waals surface area contributed by atoms with Crippen molar-refractivity contribution in [1.82, 2.24) is 61.5 Å². The molecule has 28 heteroatoms. The van der Waals surface area contributed by atoms with Crippen molar-refractivity contribution in [1.29, 1.82) is 0 Å². The van der Waals surface area contributed by atoms with Crippen LogP contribution in [0.1, 0.15) is 12.5 Å². The minimum absolute atomic E-state index is 0. The number of hydrogen-bond donors (Lipinski definition) is 10. The molecule has 0 aromatic carbocycles. The summed E-state index contributed by atoms with van der Waals surface area (Å²) in [6.07, 6.45) is -7.04. The number of nitrogen functional groups attached to an aromatic ring is 2. The van der Waals surface area contributed by atoms with Crippen molar-refractivity contribution in [2.45, 2.75) is 49.0 Å². The van der Waals surface area contributed by atoms with Crippen LogP contribution in [0, 0.1) is 0 Å². The van der Waals surface area contributed by atoms with E-state index in [0.29, 0.717) is 0 Å². The van der Waals surface area contributed by atoms with Crippen molar-refractivity contribution in [2.75, 3.05) is 24.7 Å². The van der Waals surface area contributed by atoms with E-state index in [-0.39, 0.29) is 46.5 Å². The topological polar surface area (TPSA) is 431 Å². The van der Waals surface area contributed by atoms with Crippen LogP contribution in [0.4, 0.5) is 11.9 Å². The van der Waals surface area contributed by atoms with E-state index in [1.54, 1.807) is 0 Å². The number of anilines is 2. The Morgan fingerprint density at radius 2 is 1.15 bits per heavy atom. The van der Waals surface area contributed by atoms with Gasteiger partial charge in [0.1, 0.15) is 24.4 Å². The number of nitrogens with one attached hydrogen (secondary N) is 4. The third-order valence-electron chi connectivity index (χ3n) is 7.63. The third kappa shape index (κ3) is 6.14. The highest BCUT2D eigenvalue weighted by Gasteiger charge is 2.50. The van der Waals surface area contributed by atoms with Crippen LogP contribution < -0.4 is 54.8 Å². The lowest BCUT2D eigenvalue weighted by atomic mass is 10.1. The number of hydrogen-bond acceptors (Lipinski definition) is 20. The van der Waals surface area contributed by atoms with Gasteiger partial charge < -0.3 is 62.3 Å². The molecule has 0 bridgehead atoms. The number of H-pyrrole nitrogens is 2. The fourth-order valence-electron chi connectivity index (χ4n) is 5.59. The van der Waals surface area contributed by atoms with Crippen molar-refractivity contribution in [3.8, 4) is 0 Å². The van der Waals surface area contributed by atoms with Crippen LogP contribution in [0.15, 0.2) is 22.2 Å². The first kappa shape index (κ1) is 35.6. The maximum atomic E-state index is 13.1. The SMILES string of the molecule is N.N.Nc1nc2c(ncn2[C@@H]2O[C@@H]3COP(=O)([O-])N[C@H]4[C@@H](O)[C@H](n5cnc6c(=O)[nH]c(N)nc65)O[C@@H]4COP(=O)([O-])N[C@H]3[C@H]2O)c(=O)[nH]1. The Balaban J connectivity index is 0.00000225. The van der Waals surface area contributed by atoms with Crippen LogP contribution in [0.3, 0.4) is 0 Å². The van der Waals surface area contributed by atoms with Gasteiger partial charge in [-0.2, -0.15) is 9.97 Å². The van der Waals surface area contributed by atoms with E-state index in [0.717, 1.165) is 21.8 Å². The number of nitrogens with two attached hydrogens (primary N) is 2. The maximum absolute atomic E-state index is 13.1. The molecular formula is C20H30N14O12P2-2. The van der Waals surface area contributed by atoms with Crippen molar-refractivity contribution in [3.63, 3.8) is 0 Å². The van der Waals surface area contributed by atoms with E-state index in [9.17, 15) is 38.7 Å². The minimum Gasteiger partial charge on any atom is -0.766 e. The number of nitrogens with zero attached hydrogens (tertiary/aromatic N) is 6. The van der Waals surface area contributed by atoms with Crippen LogP contribution in [-0.2, 0) is 27.7 Å². The molecule has 0 spiro atoms. The minimum atomic E-state index is -5.09. The van der Waals surface area contributed by atoms with Gasteiger partial charge in [-0.3, -0.25) is 37.8 Å². The molecule has 3 aliphatic rings. The van der Waals surface area contributed by atoms with Gasteiger partial charge in [-0.1, -0.05) is 0 Å². The van der Waals surface area contributed by atoms with Gasteiger partial charge >= 0.3 is 0 Å². The molecule has 264 valence electrons. The summed E-state index contributed by atoms with van der Waals surface area (Å²) in [6, 6.07) is -3.09. The van der Waals surface area contributed by atoms with Crippen LogP contribution in [0.5, 0.6) is 0 Å². The van der Waals surface area contributed by atoms with Gasteiger partial charge in [-0.15, -0.1) is 0 Å².